The average Bonchev–Trinajstić information content (AvgIpc) is 2.95. The molecule has 3 aromatic rings. The number of hydrogen-bond acceptors (Lipinski definition) is 2. The second-order valence-electron chi connectivity index (χ2n) is 6.49. The molecule has 2 nitrogen and oxygen atoms in total. The second kappa shape index (κ2) is 6.19. The lowest BCUT2D eigenvalue weighted by Gasteiger charge is -2.11. The molecule has 2 aromatic heterocycles. The highest BCUT2D eigenvalue weighted by Gasteiger charge is 2.13. The van der Waals surface area contributed by atoms with E-state index in [0.29, 0.717) is 0 Å². The van der Waals surface area contributed by atoms with Crippen molar-refractivity contribution in [1.29, 1.82) is 0 Å². The molecule has 2 heteroatoms. The summed E-state index contributed by atoms with van der Waals surface area (Å²) in [7, 11) is 0. The molecule has 1 aromatic carbocycles. The van der Waals surface area contributed by atoms with Crippen LogP contribution in [0.3, 0.4) is 0 Å². The molecule has 0 unspecified atom stereocenters. The maximum atomic E-state index is 5.87. The van der Waals surface area contributed by atoms with Crippen LogP contribution >= 0.6 is 0 Å². The highest BCUT2D eigenvalue weighted by Crippen LogP contribution is 2.31. The Hall–Kier alpha value is -2.09. The van der Waals surface area contributed by atoms with Crippen LogP contribution in [0.1, 0.15) is 46.1 Å². The first-order chi connectivity index (χ1) is 11.0. The number of rotatable bonds is 4. The van der Waals surface area contributed by atoms with Gasteiger partial charge in [-0.05, 0) is 80.8 Å². The fourth-order valence-electron chi connectivity index (χ4n) is 3.46. The molecule has 0 saturated heterocycles. The number of benzene rings is 1. The van der Waals surface area contributed by atoms with E-state index in [4.69, 9.17) is 4.42 Å². The van der Waals surface area contributed by atoms with Gasteiger partial charge in [0.05, 0.1) is 6.26 Å². The topological polar surface area (TPSA) is 26.0 Å². The third kappa shape index (κ3) is 2.90. The first kappa shape index (κ1) is 15.8. The minimum atomic E-state index is 1.01. The summed E-state index contributed by atoms with van der Waals surface area (Å²) < 4.78 is 5.87. The highest BCUT2D eigenvalue weighted by atomic mass is 16.3. The van der Waals surface area contributed by atoms with E-state index in [1.54, 1.807) is 0 Å². The van der Waals surface area contributed by atoms with Gasteiger partial charge in [-0.3, -0.25) is 4.98 Å². The summed E-state index contributed by atoms with van der Waals surface area (Å²) in [5.41, 5.74) is 9.93. The van der Waals surface area contributed by atoms with Gasteiger partial charge in [0.15, 0.2) is 0 Å². The van der Waals surface area contributed by atoms with E-state index >= 15 is 0 Å². The minimum absolute atomic E-state index is 1.01. The van der Waals surface area contributed by atoms with Crippen molar-refractivity contribution in [2.45, 2.75) is 53.9 Å². The zero-order valence-electron chi connectivity index (χ0n) is 14.8. The molecule has 0 bridgehead atoms. The monoisotopic (exact) mass is 307 g/mol. The number of hydrogen-bond donors (Lipinski definition) is 0. The van der Waals surface area contributed by atoms with E-state index in [2.05, 4.69) is 50.9 Å². The van der Waals surface area contributed by atoms with Crippen LogP contribution in [0.15, 0.2) is 28.9 Å². The largest absolute Gasteiger partial charge is 0.464 e. The summed E-state index contributed by atoms with van der Waals surface area (Å²) in [4.78, 5) is 4.57. The fourth-order valence-corrected chi connectivity index (χ4v) is 3.46. The van der Waals surface area contributed by atoms with Crippen LogP contribution < -0.4 is 0 Å². The lowest BCUT2D eigenvalue weighted by molar-refractivity contribution is 0.607. The molecular weight excluding hydrogens is 282 g/mol. The molecule has 0 saturated carbocycles. The van der Waals surface area contributed by atoms with Crippen molar-refractivity contribution >= 4 is 11.0 Å². The molecule has 0 fully saturated rings. The molecule has 0 aliphatic rings. The number of aromatic nitrogens is 1. The predicted octanol–water partition coefficient (Wildman–Crippen LogP) is 5.41. The molecule has 0 spiro atoms. The van der Waals surface area contributed by atoms with Crippen LogP contribution in [-0.4, -0.2) is 4.98 Å². The molecule has 0 radical (unpaired) electrons. The second-order valence-corrected chi connectivity index (χ2v) is 6.49. The third-order valence-electron chi connectivity index (χ3n) is 4.85. The van der Waals surface area contributed by atoms with Gasteiger partial charge < -0.3 is 4.42 Å². The summed E-state index contributed by atoms with van der Waals surface area (Å²) in [6.45, 7) is 10.7. The maximum absolute atomic E-state index is 5.87. The van der Waals surface area contributed by atoms with Crippen molar-refractivity contribution in [1.82, 2.24) is 4.98 Å². The van der Waals surface area contributed by atoms with Gasteiger partial charge in [0.2, 0.25) is 0 Å². The number of pyridine rings is 1. The van der Waals surface area contributed by atoms with Crippen molar-refractivity contribution < 1.29 is 4.42 Å². The maximum Gasteiger partial charge on any atom is 0.137 e. The Bertz CT molecular complexity index is 858. The number of furan rings is 1. The lowest BCUT2D eigenvalue weighted by Crippen LogP contribution is -2.00. The van der Waals surface area contributed by atoms with E-state index in [1.165, 1.54) is 33.2 Å². The van der Waals surface area contributed by atoms with E-state index in [9.17, 15) is 0 Å². The lowest BCUT2D eigenvalue weighted by atomic mass is 9.94. The minimum Gasteiger partial charge on any atom is -0.464 e. The predicted molar refractivity (Wildman–Crippen MR) is 96.2 cm³/mol. The Morgan fingerprint density at radius 3 is 2.39 bits per heavy atom. The molecule has 23 heavy (non-hydrogen) atoms. The van der Waals surface area contributed by atoms with Crippen LogP contribution in [0.25, 0.3) is 11.0 Å². The van der Waals surface area contributed by atoms with Gasteiger partial charge >= 0.3 is 0 Å². The normalized spacial score (nSPS) is 11.3. The molecular formula is C21H25NO. The Labute approximate surface area is 138 Å². The van der Waals surface area contributed by atoms with Crippen molar-refractivity contribution in [3.63, 3.8) is 0 Å². The van der Waals surface area contributed by atoms with Crippen molar-refractivity contribution in [3.8, 4) is 0 Å². The van der Waals surface area contributed by atoms with E-state index in [1.807, 2.05) is 13.2 Å². The van der Waals surface area contributed by atoms with Gasteiger partial charge in [-0.25, -0.2) is 0 Å². The summed E-state index contributed by atoms with van der Waals surface area (Å²) in [5.74, 6) is 0. The van der Waals surface area contributed by atoms with Gasteiger partial charge in [-0.15, -0.1) is 0 Å². The van der Waals surface area contributed by atoms with Gasteiger partial charge in [-0.1, -0.05) is 19.1 Å². The highest BCUT2D eigenvalue weighted by molar-refractivity contribution is 5.88. The zero-order chi connectivity index (χ0) is 16.6. The van der Waals surface area contributed by atoms with Crippen molar-refractivity contribution in [3.05, 3.63) is 63.7 Å². The van der Waals surface area contributed by atoms with Crippen LogP contribution in [0.4, 0.5) is 0 Å². The van der Waals surface area contributed by atoms with E-state index in [-0.39, 0.29) is 0 Å². The fraction of sp³-hybridized carbons (Fsp3) is 0.381. The van der Waals surface area contributed by atoms with Crippen LogP contribution in [0.5, 0.6) is 0 Å². The van der Waals surface area contributed by atoms with Crippen LogP contribution in [0, 0.1) is 27.7 Å². The van der Waals surface area contributed by atoms with Gasteiger partial charge in [0.25, 0.3) is 0 Å². The average molecular weight is 307 g/mol. The first-order valence-electron chi connectivity index (χ1n) is 8.43. The molecule has 0 aliphatic heterocycles. The molecule has 0 N–H and O–H groups in total. The van der Waals surface area contributed by atoms with Crippen LogP contribution in [0.2, 0.25) is 0 Å². The standard InChI is InChI=1S/C21H25NO/c1-6-17-12-23-21-15(4)19(11-13(2)20(17)21)10-9-18-8-7-14(3)22-16(18)5/h7-8,11-12H,6,9-10H2,1-5H3. The quantitative estimate of drug-likeness (QED) is 0.644. The number of aryl methyl sites for hydroxylation is 7. The molecule has 0 atom stereocenters. The van der Waals surface area contributed by atoms with Crippen molar-refractivity contribution in [2.24, 2.45) is 0 Å². The number of nitrogens with zero attached hydrogens (tertiary/aromatic N) is 1. The Morgan fingerprint density at radius 1 is 0.957 bits per heavy atom. The van der Waals surface area contributed by atoms with Gasteiger partial charge in [0.1, 0.15) is 5.58 Å². The number of fused-ring (bicyclic) bond motifs is 1. The van der Waals surface area contributed by atoms with Gasteiger partial charge in [-0.2, -0.15) is 0 Å². The van der Waals surface area contributed by atoms with Gasteiger partial charge in [0, 0.05) is 16.8 Å². The summed E-state index contributed by atoms with van der Waals surface area (Å²) in [5, 5.41) is 1.31. The van der Waals surface area contributed by atoms with E-state index < -0.39 is 0 Å². The summed E-state index contributed by atoms with van der Waals surface area (Å²) >= 11 is 0. The Balaban J connectivity index is 1.93. The summed E-state index contributed by atoms with van der Waals surface area (Å²) in [6.07, 6.45) is 4.98. The Kier molecular flexibility index (Phi) is 4.25. The SMILES string of the molecule is CCc1coc2c(C)c(CCc3ccc(C)nc3C)cc(C)c12. The molecule has 3 rings (SSSR count). The molecule has 120 valence electrons. The first-order valence-corrected chi connectivity index (χ1v) is 8.43. The molecule has 0 aliphatic carbocycles. The van der Waals surface area contributed by atoms with Crippen molar-refractivity contribution in [2.75, 3.05) is 0 Å². The Morgan fingerprint density at radius 2 is 1.70 bits per heavy atom. The smallest absolute Gasteiger partial charge is 0.137 e. The van der Waals surface area contributed by atoms with E-state index in [0.717, 1.165) is 36.2 Å². The third-order valence-corrected chi connectivity index (χ3v) is 4.85. The van der Waals surface area contributed by atoms with Crippen LogP contribution in [-0.2, 0) is 19.3 Å². The molecule has 0 amide bonds. The summed E-state index contributed by atoms with van der Waals surface area (Å²) in [6, 6.07) is 6.65. The molecule has 2 heterocycles. The zero-order valence-corrected chi connectivity index (χ0v) is 14.8.